The molecule has 4 aromatic carbocycles. The summed E-state index contributed by atoms with van der Waals surface area (Å²) in [7, 11) is -3.12. The Morgan fingerprint density at radius 2 is 1.53 bits per heavy atom. The molecule has 270 valence electrons. The molecule has 0 aromatic heterocycles. The fourth-order valence-electron chi connectivity index (χ4n) is 6.20. The van der Waals surface area contributed by atoms with Crippen LogP contribution in [0.4, 0.5) is 18.9 Å². The molecule has 0 heterocycles. The highest BCUT2D eigenvalue weighted by molar-refractivity contribution is 7.92. The van der Waals surface area contributed by atoms with Crippen LogP contribution in [0.25, 0.3) is 0 Å². The van der Waals surface area contributed by atoms with Crippen LogP contribution in [0.15, 0.2) is 108 Å². The zero-order valence-corrected chi connectivity index (χ0v) is 29.6. The van der Waals surface area contributed by atoms with Crippen LogP contribution in [0.2, 0.25) is 5.02 Å². The summed E-state index contributed by atoms with van der Waals surface area (Å²) in [6.45, 7) is -1.04. The highest BCUT2D eigenvalue weighted by Gasteiger charge is 2.38. The number of anilines is 1. The maximum Gasteiger partial charge on any atom is 0.417 e. The number of rotatable bonds is 13. The van der Waals surface area contributed by atoms with Crippen molar-refractivity contribution in [2.45, 2.75) is 68.2 Å². The molecule has 1 fully saturated rings. The van der Waals surface area contributed by atoms with Gasteiger partial charge in [-0.25, -0.2) is 8.42 Å². The summed E-state index contributed by atoms with van der Waals surface area (Å²) in [4.78, 5) is 30.0. The quantitative estimate of drug-likeness (QED) is 0.152. The highest BCUT2D eigenvalue weighted by Crippen LogP contribution is 2.38. The predicted molar refractivity (Wildman–Crippen MR) is 190 cm³/mol. The van der Waals surface area contributed by atoms with Crippen molar-refractivity contribution < 1.29 is 35.9 Å². The molecule has 4 aromatic rings. The summed E-state index contributed by atoms with van der Waals surface area (Å²) in [5, 5.41) is 2.50. The van der Waals surface area contributed by atoms with E-state index in [2.05, 4.69) is 5.32 Å². The molecule has 0 saturated heterocycles. The van der Waals surface area contributed by atoms with Gasteiger partial charge in [0, 0.05) is 19.0 Å². The molecule has 13 heteroatoms. The topological polar surface area (TPSA) is 96.0 Å². The molecule has 0 aliphatic heterocycles. The Labute approximate surface area is 301 Å². The first-order chi connectivity index (χ1) is 24.4. The van der Waals surface area contributed by atoms with Gasteiger partial charge in [0.15, 0.2) is 0 Å². The fraction of sp³-hybridized carbons (Fsp3) is 0.316. The number of hydrogen-bond acceptors (Lipinski definition) is 5. The molecule has 2 amide bonds. The Morgan fingerprint density at radius 3 is 2.18 bits per heavy atom. The van der Waals surface area contributed by atoms with Crippen molar-refractivity contribution in [2.75, 3.05) is 18.0 Å². The van der Waals surface area contributed by atoms with Crippen molar-refractivity contribution in [1.29, 1.82) is 0 Å². The van der Waals surface area contributed by atoms with E-state index in [-0.39, 0.29) is 23.9 Å². The third kappa shape index (κ3) is 9.62. The van der Waals surface area contributed by atoms with Crippen LogP contribution >= 0.6 is 11.6 Å². The normalized spacial score (nSPS) is 14.4. The molecule has 1 aliphatic rings. The molecule has 51 heavy (non-hydrogen) atoms. The highest BCUT2D eigenvalue weighted by atomic mass is 35.5. The number of carbonyl (C=O) groups is 2. The molecule has 0 bridgehead atoms. The molecule has 1 saturated carbocycles. The van der Waals surface area contributed by atoms with Gasteiger partial charge in [-0.3, -0.25) is 13.9 Å². The summed E-state index contributed by atoms with van der Waals surface area (Å²) in [6, 6.07) is 24.6. The van der Waals surface area contributed by atoms with E-state index in [1.807, 2.05) is 30.3 Å². The molecule has 1 N–H and O–H groups in total. The molecule has 8 nitrogen and oxygen atoms in total. The van der Waals surface area contributed by atoms with Crippen molar-refractivity contribution in [3.8, 4) is 5.75 Å². The second-order valence-corrected chi connectivity index (χ2v) is 14.7. The number of alkyl halides is 3. The molecule has 1 atom stereocenters. The van der Waals surface area contributed by atoms with Crippen LogP contribution < -0.4 is 14.4 Å². The van der Waals surface area contributed by atoms with E-state index in [1.165, 1.54) is 36.3 Å². The summed E-state index contributed by atoms with van der Waals surface area (Å²) in [6.07, 6.45) is -0.270. The largest absolute Gasteiger partial charge is 0.497 e. The summed E-state index contributed by atoms with van der Waals surface area (Å²) in [5.74, 6) is -0.717. The van der Waals surface area contributed by atoms with Crippen molar-refractivity contribution in [1.82, 2.24) is 10.2 Å². The van der Waals surface area contributed by atoms with E-state index >= 15 is 0 Å². The summed E-state index contributed by atoms with van der Waals surface area (Å²) >= 11 is 5.90. The lowest BCUT2D eigenvalue weighted by molar-refractivity contribution is -0.140. The molecular formula is C38H39ClF3N3O5S. The lowest BCUT2D eigenvalue weighted by atomic mass is 9.94. The van der Waals surface area contributed by atoms with E-state index in [9.17, 15) is 31.2 Å². The van der Waals surface area contributed by atoms with E-state index in [0.717, 1.165) is 49.8 Å². The number of ether oxygens (including phenoxy) is 1. The SMILES string of the molecule is COc1cccc(CN(C(=O)CN(c2ccc(Cl)c(C(F)(F)F)c2)S(=O)(=O)c2ccccc2)[C@@H](Cc2ccccc2)C(=O)NC2CCCCC2)c1. The average molecular weight is 742 g/mol. The maximum atomic E-state index is 14.7. The maximum absolute atomic E-state index is 14.7. The lowest BCUT2D eigenvalue weighted by Gasteiger charge is -2.35. The second kappa shape index (κ2) is 16.6. The van der Waals surface area contributed by atoms with E-state index < -0.39 is 56.9 Å². The van der Waals surface area contributed by atoms with Gasteiger partial charge in [0.1, 0.15) is 18.3 Å². The minimum Gasteiger partial charge on any atom is -0.497 e. The van der Waals surface area contributed by atoms with Crippen molar-refractivity contribution >= 4 is 39.1 Å². The molecule has 0 spiro atoms. The Kier molecular flexibility index (Phi) is 12.3. The monoisotopic (exact) mass is 741 g/mol. The third-order valence-corrected chi connectivity index (χ3v) is 11.0. The predicted octanol–water partition coefficient (Wildman–Crippen LogP) is 7.65. The number of halogens is 4. The number of sulfonamides is 1. The standard InChI is InChI=1S/C38H39ClF3N3O5S/c1-50-31-17-11-14-28(22-31)25-44(35(23-27-12-5-2-6-13-27)37(47)43-29-15-7-3-8-16-29)36(46)26-45(51(48,49)32-18-9-4-10-19-32)30-20-21-34(39)33(24-30)38(40,41)42/h2,4-6,9-14,17-22,24,29,35H,3,7-8,15-16,23,25-26H2,1H3,(H,43,47)/t35-/m0/s1. The van der Waals surface area contributed by atoms with Crippen LogP contribution in [0.1, 0.15) is 48.8 Å². The van der Waals surface area contributed by atoms with Crippen molar-refractivity contribution in [3.05, 3.63) is 125 Å². The molecule has 5 rings (SSSR count). The van der Waals surface area contributed by atoms with Gasteiger partial charge in [-0.05, 0) is 66.4 Å². The number of carbonyl (C=O) groups excluding carboxylic acids is 2. The van der Waals surface area contributed by atoms with E-state index in [0.29, 0.717) is 21.7 Å². The zero-order chi connectivity index (χ0) is 36.6. The Morgan fingerprint density at radius 1 is 0.882 bits per heavy atom. The zero-order valence-electron chi connectivity index (χ0n) is 28.0. The van der Waals surface area contributed by atoms with Crippen molar-refractivity contribution in [2.24, 2.45) is 0 Å². The number of nitrogens with zero attached hydrogens (tertiary/aromatic N) is 2. The Balaban J connectivity index is 1.61. The number of amides is 2. The fourth-order valence-corrected chi connectivity index (χ4v) is 7.85. The molecular weight excluding hydrogens is 703 g/mol. The first kappa shape index (κ1) is 37.7. The van der Waals surface area contributed by atoms with Gasteiger partial charge in [-0.1, -0.05) is 91.5 Å². The second-order valence-electron chi connectivity index (χ2n) is 12.4. The number of hydrogen-bond donors (Lipinski definition) is 1. The van der Waals surface area contributed by atoms with Crippen LogP contribution in [-0.4, -0.2) is 50.9 Å². The van der Waals surface area contributed by atoms with Gasteiger partial charge in [0.25, 0.3) is 10.0 Å². The van der Waals surface area contributed by atoms with Gasteiger partial charge in [-0.15, -0.1) is 0 Å². The number of methoxy groups -OCH3 is 1. The minimum absolute atomic E-state index is 0.0943. The lowest BCUT2D eigenvalue weighted by Crippen LogP contribution is -2.55. The molecule has 1 aliphatic carbocycles. The smallest absolute Gasteiger partial charge is 0.417 e. The van der Waals surface area contributed by atoms with Crippen LogP contribution in [0.5, 0.6) is 5.75 Å². The van der Waals surface area contributed by atoms with Crippen LogP contribution in [-0.2, 0) is 38.8 Å². The van der Waals surface area contributed by atoms with Gasteiger partial charge in [-0.2, -0.15) is 13.2 Å². The molecule has 0 radical (unpaired) electrons. The van der Waals surface area contributed by atoms with Crippen molar-refractivity contribution in [3.63, 3.8) is 0 Å². The third-order valence-electron chi connectivity index (χ3n) is 8.86. The van der Waals surface area contributed by atoms with Crippen LogP contribution in [0.3, 0.4) is 0 Å². The summed E-state index contributed by atoms with van der Waals surface area (Å²) in [5.41, 5.74) is -0.332. The first-order valence-electron chi connectivity index (χ1n) is 16.6. The average Bonchev–Trinajstić information content (AvgIpc) is 3.13. The number of benzene rings is 4. The van der Waals surface area contributed by atoms with E-state index in [4.69, 9.17) is 16.3 Å². The van der Waals surface area contributed by atoms with Gasteiger partial charge >= 0.3 is 6.18 Å². The number of nitrogens with one attached hydrogen (secondary N) is 1. The molecule has 0 unspecified atom stereocenters. The summed E-state index contributed by atoms with van der Waals surface area (Å²) < 4.78 is 76.4. The first-order valence-corrected chi connectivity index (χ1v) is 18.4. The van der Waals surface area contributed by atoms with Gasteiger partial charge < -0.3 is 15.0 Å². The Hall–Kier alpha value is -4.55. The van der Waals surface area contributed by atoms with E-state index in [1.54, 1.807) is 30.3 Å². The minimum atomic E-state index is -4.91. The van der Waals surface area contributed by atoms with Crippen LogP contribution in [0, 0.1) is 0 Å². The van der Waals surface area contributed by atoms with Gasteiger partial charge in [0.05, 0.1) is 28.3 Å². The Bertz CT molecular complexity index is 1910. The van der Waals surface area contributed by atoms with Gasteiger partial charge in [0.2, 0.25) is 11.8 Å².